The second kappa shape index (κ2) is 14.1. The molecule has 1 aromatic carbocycles. The predicted octanol–water partition coefficient (Wildman–Crippen LogP) is 4.55. The zero-order chi connectivity index (χ0) is 25.3. The van der Waals surface area contributed by atoms with Crippen molar-refractivity contribution in [1.82, 2.24) is 16.0 Å². The van der Waals surface area contributed by atoms with Crippen LogP contribution in [0.5, 0.6) is 0 Å². The van der Waals surface area contributed by atoms with E-state index in [1.807, 2.05) is 0 Å². The van der Waals surface area contributed by atoms with E-state index in [2.05, 4.69) is 67.2 Å². The van der Waals surface area contributed by atoms with Gasteiger partial charge in [0.1, 0.15) is 0 Å². The Labute approximate surface area is 220 Å². The van der Waals surface area contributed by atoms with Crippen molar-refractivity contribution in [2.45, 2.75) is 115 Å². The van der Waals surface area contributed by atoms with Crippen molar-refractivity contribution in [2.24, 2.45) is 5.92 Å². The Bertz CT molecular complexity index is 764. The molecule has 0 radical (unpaired) electrons. The van der Waals surface area contributed by atoms with E-state index in [4.69, 9.17) is 9.47 Å². The Morgan fingerprint density at radius 2 is 1.56 bits per heavy atom. The van der Waals surface area contributed by atoms with Crippen LogP contribution in [-0.4, -0.2) is 69.2 Å². The third-order valence-electron chi connectivity index (χ3n) is 8.45. The fraction of sp³-hybridized carbons (Fsp3) is 0.800. The number of aryl methyl sites for hydroxylation is 2. The van der Waals surface area contributed by atoms with E-state index in [9.17, 15) is 0 Å². The summed E-state index contributed by atoms with van der Waals surface area (Å²) in [6, 6.07) is 9.30. The number of rotatable bonds is 14. The van der Waals surface area contributed by atoms with E-state index in [0.717, 1.165) is 39.3 Å². The van der Waals surface area contributed by atoms with E-state index in [-0.39, 0.29) is 0 Å². The zero-order valence-corrected chi connectivity index (χ0v) is 23.3. The summed E-state index contributed by atoms with van der Waals surface area (Å²) in [4.78, 5) is 0. The van der Waals surface area contributed by atoms with Crippen LogP contribution in [0.1, 0.15) is 76.3 Å². The third-order valence-corrected chi connectivity index (χ3v) is 8.45. The number of nitrogens with one attached hydrogen (secondary N) is 4. The molecule has 204 valence electrons. The smallest absolute Gasteiger partial charge is 0.0623 e. The summed E-state index contributed by atoms with van der Waals surface area (Å²) in [5.41, 5.74) is 3.95. The van der Waals surface area contributed by atoms with Gasteiger partial charge in [0.15, 0.2) is 0 Å². The van der Waals surface area contributed by atoms with Crippen molar-refractivity contribution in [2.75, 3.05) is 38.2 Å². The molecule has 3 aliphatic rings. The lowest BCUT2D eigenvalue weighted by Crippen LogP contribution is -2.38. The Morgan fingerprint density at radius 1 is 0.861 bits per heavy atom. The van der Waals surface area contributed by atoms with Crippen LogP contribution < -0.4 is 21.3 Å². The van der Waals surface area contributed by atoms with Crippen molar-refractivity contribution in [3.63, 3.8) is 0 Å². The van der Waals surface area contributed by atoms with Gasteiger partial charge in [-0.1, -0.05) is 25.1 Å². The normalized spacial score (nSPS) is 30.1. The summed E-state index contributed by atoms with van der Waals surface area (Å²) >= 11 is 0. The predicted molar refractivity (Wildman–Crippen MR) is 150 cm³/mol. The second-order valence-electron chi connectivity index (χ2n) is 12.0. The molecule has 5 unspecified atom stereocenters. The van der Waals surface area contributed by atoms with Gasteiger partial charge in [-0.15, -0.1) is 0 Å². The maximum absolute atomic E-state index is 6.31. The lowest BCUT2D eigenvalue weighted by molar-refractivity contribution is 0.0409. The fourth-order valence-corrected chi connectivity index (χ4v) is 6.40. The van der Waals surface area contributed by atoms with Crippen molar-refractivity contribution in [3.05, 3.63) is 29.3 Å². The molecule has 0 spiro atoms. The molecule has 3 aliphatic heterocycles. The zero-order valence-electron chi connectivity index (χ0n) is 23.3. The number of ether oxygens (including phenoxy) is 2. The molecule has 0 amide bonds. The Hall–Kier alpha value is -1.18. The molecular weight excluding hydrogens is 448 g/mol. The van der Waals surface area contributed by atoms with Gasteiger partial charge in [0.25, 0.3) is 0 Å². The van der Waals surface area contributed by atoms with Crippen molar-refractivity contribution in [3.8, 4) is 0 Å². The third kappa shape index (κ3) is 8.70. The monoisotopic (exact) mass is 500 g/mol. The van der Waals surface area contributed by atoms with Gasteiger partial charge in [-0.3, -0.25) is 0 Å². The summed E-state index contributed by atoms with van der Waals surface area (Å²) in [6.45, 7) is 13.7. The van der Waals surface area contributed by atoms with Crippen LogP contribution in [0.2, 0.25) is 0 Å². The maximum Gasteiger partial charge on any atom is 0.0623 e. The van der Waals surface area contributed by atoms with Crippen molar-refractivity contribution < 1.29 is 9.47 Å². The summed E-state index contributed by atoms with van der Waals surface area (Å²) < 4.78 is 12.3. The van der Waals surface area contributed by atoms with Gasteiger partial charge in [0.2, 0.25) is 0 Å². The quantitative estimate of drug-likeness (QED) is 0.301. The lowest BCUT2D eigenvalue weighted by Gasteiger charge is -2.22. The summed E-state index contributed by atoms with van der Waals surface area (Å²) in [7, 11) is 0. The Balaban J connectivity index is 1.05. The first-order valence-corrected chi connectivity index (χ1v) is 14.7. The topological polar surface area (TPSA) is 66.6 Å². The van der Waals surface area contributed by atoms with Gasteiger partial charge >= 0.3 is 0 Å². The van der Waals surface area contributed by atoms with Crippen LogP contribution in [0.15, 0.2) is 18.2 Å². The average Bonchev–Trinajstić information content (AvgIpc) is 3.61. The molecule has 7 atom stereocenters. The van der Waals surface area contributed by atoms with Gasteiger partial charge in [0.05, 0.1) is 19.3 Å². The minimum absolute atomic E-state index is 0.296. The first kappa shape index (κ1) is 27.8. The van der Waals surface area contributed by atoms with E-state index < -0.39 is 0 Å². The van der Waals surface area contributed by atoms with Gasteiger partial charge in [0, 0.05) is 49.0 Å². The molecule has 3 heterocycles. The fourth-order valence-electron chi connectivity index (χ4n) is 6.40. The number of anilines is 1. The van der Waals surface area contributed by atoms with Crippen LogP contribution in [0.4, 0.5) is 5.69 Å². The molecule has 3 fully saturated rings. The lowest BCUT2D eigenvalue weighted by atomic mass is 10.0. The molecule has 0 aromatic heterocycles. The molecule has 36 heavy (non-hydrogen) atoms. The molecule has 0 aliphatic carbocycles. The van der Waals surface area contributed by atoms with E-state index in [1.165, 1.54) is 61.8 Å². The van der Waals surface area contributed by atoms with Crippen LogP contribution in [0.25, 0.3) is 0 Å². The van der Waals surface area contributed by atoms with E-state index in [0.29, 0.717) is 42.2 Å². The summed E-state index contributed by atoms with van der Waals surface area (Å²) in [6.07, 6.45) is 10.1. The molecular formula is C30H52N4O2. The van der Waals surface area contributed by atoms with Gasteiger partial charge in [-0.2, -0.15) is 0 Å². The van der Waals surface area contributed by atoms with Gasteiger partial charge in [-0.05, 0) is 95.7 Å². The van der Waals surface area contributed by atoms with E-state index >= 15 is 0 Å². The Morgan fingerprint density at radius 3 is 2.31 bits per heavy atom. The highest BCUT2D eigenvalue weighted by Gasteiger charge is 2.28. The first-order valence-electron chi connectivity index (χ1n) is 14.7. The second-order valence-corrected chi connectivity index (χ2v) is 12.0. The van der Waals surface area contributed by atoms with Crippen molar-refractivity contribution in [1.29, 1.82) is 0 Å². The number of para-hydroxylation sites is 1. The molecule has 6 heteroatoms. The SMILES string of the molecule is Cc1cccc(C)c1NC[C@@H]1CCC(CC(C)OCC2CCC(CC(C)COC[C@@H]3CCCN3)N2)N1. The largest absolute Gasteiger partial charge is 0.383 e. The summed E-state index contributed by atoms with van der Waals surface area (Å²) in [5.74, 6) is 0.605. The highest BCUT2D eigenvalue weighted by molar-refractivity contribution is 5.56. The highest BCUT2D eigenvalue weighted by atomic mass is 16.5. The van der Waals surface area contributed by atoms with Crippen LogP contribution in [-0.2, 0) is 9.47 Å². The highest BCUT2D eigenvalue weighted by Crippen LogP contribution is 2.23. The maximum atomic E-state index is 6.31. The summed E-state index contributed by atoms with van der Waals surface area (Å²) in [5, 5.41) is 14.9. The van der Waals surface area contributed by atoms with Crippen LogP contribution in [0.3, 0.4) is 0 Å². The molecule has 0 bridgehead atoms. The minimum Gasteiger partial charge on any atom is -0.383 e. The van der Waals surface area contributed by atoms with Gasteiger partial charge in [-0.25, -0.2) is 0 Å². The molecule has 1 aromatic rings. The molecule has 4 rings (SSSR count). The van der Waals surface area contributed by atoms with Crippen LogP contribution >= 0.6 is 0 Å². The molecule has 0 saturated carbocycles. The molecule has 4 N–H and O–H groups in total. The first-order chi connectivity index (χ1) is 17.5. The van der Waals surface area contributed by atoms with E-state index in [1.54, 1.807) is 0 Å². The Kier molecular flexibility index (Phi) is 10.9. The molecule has 3 saturated heterocycles. The average molecular weight is 501 g/mol. The number of hydrogen-bond acceptors (Lipinski definition) is 6. The van der Waals surface area contributed by atoms with Crippen LogP contribution in [0, 0.1) is 19.8 Å². The van der Waals surface area contributed by atoms with Gasteiger partial charge < -0.3 is 30.7 Å². The standard InChI is InChI=1S/C30H52N4O2/c1-21(18-35-19-28-9-6-14-31-28)15-25-11-13-29(34-25)20-36-24(4)16-26-10-12-27(33-26)17-32-30-22(2)7-5-8-23(30)3/h5,7-8,21,24-29,31-34H,6,9-20H2,1-4H3/t21?,24?,25?,26?,27-,28-,29?/m0/s1. The number of hydrogen-bond donors (Lipinski definition) is 4. The minimum atomic E-state index is 0.296. The van der Waals surface area contributed by atoms with Crippen molar-refractivity contribution >= 4 is 5.69 Å². The molecule has 6 nitrogen and oxygen atoms in total. The number of benzene rings is 1.